The third-order valence-corrected chi connectivity index (χ3v) is 3.95. The van der Waals surface area contributed by atoms with E-state index in [4.69, 9.17) is 0 Å². The zero-order chi connectivity index (χ0) is 13.4. The van der Waals surface area contributed by atoms with Crippen LogP contribution in [0.15, 0.2) is 24.3 Å². The molecule has 1 aromatic carbocycles. The van der Waals surface area contributed by atoms with Crippen molar-refractivity contribution in [2.24, 2.45) is 5.92 Å². The summed E-state index contributed by atoms with van der Waals surface area (Å²) in [6, 6.07) is 8.20. The maximum atomic E-state index is 12.5. The molecule has 2 aromatic rings. The lowest BCUT2D eigenvalue weighted by Crippen LogP contribution is -2.39. The predicted molar refractivity (Wildman–Crippen MR) is 77.3 cm³/mol. The number of carbonyl (C=O) groups excluding carboxylic acids is 1. The maximum absolute atomic E-state index is 12.5. The molecule has 1 aliphatic heterocycles. The van der Waals surface area contributed by atoms with E-state index in [9.17, 15) is 4.79 Å². The molecule has 0 radical (unpaired) electrons. The van der Waals surface area contributed by atoms with Gasteiger partial charge in [-0.1, -0.05) is 18.6 Å². The number of likely N-dealkylation sites (tertiary alicyclic amines) is 1. The van der Waals surface area contributed by atoms with Crippen LogP contribution in [0.1, 0.15) is 35.8 Å². The summed E-state index contributed by atoms with van der Waals surface area (Å²) in [5.41, 5.74) is 2.98. The lowest BCUT2D eigenvalue weighted by atomic mass is 10.00. The topological polar surface area (TPSA) is 36.1 Å². The second-order valence-electron chi connectivity index (χ2n) is 5.77. The van der Waals surface area contributed by atoms with Crippen molar-refractivity contribution in [3.8, 4) is 0 Å². The van der Waals surface area contributed by atoms with Gasteiger partial charge in [-0.25, -0.2) is 0 Å². The molecule has 3 rings (SSSR count). The average Bonchev–Trinajstić information content (AvgIpc) is 2.80. The predicted octanol–water partition coefficient (Wildman–Crippen LogP) is 3.35. The Morgan fingerprint density at radius 3 is 3.00 bits per heavy atom. The van der Waals surface area contributed by atoms with E-state index in [0.717, 1.165) is 36.1 Å². The van der Waals surface area contributed by atoms with Gasteiger partial charge in [0.25, 0.3) is 5.91 Å². The molecule has 1 unspecified atom stereocenters. The highest BCUT2D eigenvalue weighted by Gasteiger charge is 2.23. The van der Waals surface area contributed by atoms with Gasteiger partial charge in [-0.3, -0.25) is 4.79 Å². The third kappa shape index (κ3) is 2.37. The van der Waals surface area contributed by atoms with Crippen LogP contribution < -0.4 is 0 Å². The molecule has 1 fully saturated rings. The monoisotopic (exact) mass is 256 g/mol. The molecule has 0 bridgehead atoms. The van der Waals surface area contributed by atoms with Gasteiger partial charge in [0.1, 0.15) is 5.69 Å². The van der Waals surface area contributed by atoms with E-state index in [2.05, 4.69) is 31.0 Å². The maximum Gasteiger partial charge on any atom is 0.270 e. The number of fused-ring (bicyclic) bond motifs is 1. The fourth-order valence-electron chi connectivity index (χ4n) is 2.91. The van der Waals surface area contributed by atoms with Crippen molar-refractivity contribution in [2.75, 3.05) is 13.1 Å². The zero-order valence-electron chi connectivity index (χ0n) is 11.6. The van der Waals surface area contributed by atoms with Crippen molar-refractivity contribution in [1.82, 2.24) is 9.88 Å². The van der Waals surface area contributed by atoms with E-state index in [1.807, 2.05) is 17.0 Å². The Morgan fingerprint density at radius 2 is 2.21 bits per heavy atom. The normalized spacial score (nSPS) is 19.9. The molecule has 1 aromatic heterocycles. The summed E-state index contributed by atoms with van der Waals surface area (Å²) in [6.45, 7) is 6.05. The molecule has 1 N–H and O–H groups in total. The molecule has 19 heavy (non-hydrogen) atoms. The number of carbonyl (C=O) groups is 1. The Hall–Kier alpha value is -1.77. The summed E-state index contributed by atoms with van der Waals surface area (Å²) in [5.74, 6) is 0.754. The molecule has 1 saturated heterocycles. The largest absolute Gasteiger partial charge is 0.351 e. The number of benzene rings is 1. The van der Waals surface area contributed by atoms with E-state index in [1.165, 1.54) is 12.0 Å². The van der Waals surface area contributed by atoms with Crippen LogP contribution in [0.3, 0.4) is 0 Å². The number of hydrogen-bond acceptors (Lipinski definition) is 1. The van der Waals surface area contributed by atoms with Gasteiger partial charge in [0.15, 0.2) is 0 Å². The standard InChI is InChI=1S/C16H20N2O/c1-11-5-6-14-13(8-11)9-15(17-14)16(19)18-7-3-4-12(2)10-18/h5-6,8-9,12,17H,3-4,7,10H2,1-2H3. The molecular formula is C16H20N2O. The molecule has 2 heterocycles. The fourth-order valence-corrected chi connectivity index (χ4v) is 2.91. The third-order valence-electron chi connectivity index (χ3n) is 3.95. The van der Waals surface area contributed by atoms with Gasteiger partial charge in [-0.2, -0.15) is 0 Å². The number of aromatic amines is 1. The highest BCUT2D eigenvalue weighted by atomic mass is 16.2. The Balaban J connectivity index is 1.88. The van der Waals surface area contributed by atoms with Crippen molar-refractivity contribution in [1.29, 1.82) is 0 Å². The lowest BCUT2D eigenvalue weighted by Gasteiger charge is -2.30. The minimum atomic E-state index is 0.139. The fraction of sp³-hybridized carbons (Fsp3) is 0.438. The summed E-state index contributed by atoms with van der Waals surface area (Å²) in [5, 5.41) is 1.12. The van der Waals surface area contributed by atoms with Crippen LogP contribution in [-0.4, -0.2) is 28.9 Å². The van der Waals surface area contributed by atoms with Crippen molar-refractivity contribution < 1.29 is 4.79 Å². The number of aryl methyl sites for hydroxylation is 1. The molecule has 1 aliphatic rings. The van der Waals surface area contributed by atoms with E-state index in [-0.39, 0.29) is 5.91 Å². The van der Waals surface area contributed by atoms with Crippen LogP contribution in [-0.2, 0) is 0 Å². The van der Waals surface area contributed by atoms with Crippen molar-refractivity contribution in [3.63, 3.8) is 0 Å². The van der Waals surface area contributed by atoms with Gasteiger partial charge in [-0.05, 0) is 43.9 Å². The molecular weight excluding hydrogens is 236 g/mol. The Bertz CT molecular complexity index is 614. The first-order valence-electron chi connectivity index (χ1n) is 7.02. The molecule has 3 heteroatoms. The van der Waals surface area contributed by atoms with Crippen LogP contribution in [0.5, 0.6) is 0 Å². The van der Waals surface area contributed by atoms with Crippen LogP contribution >= 0.6 is 0 Å². The van der Waals surface area contributed by atoms with Crippen LogP contribution in [0.2, 0.25) is 0 Å². The van der Waals surface area contributed by atoms with Crippen molar-refractivity contribution in [3.05, 3.63) is 35.5 Å². The van der Waals surface area contributed by atoms with Gasteiger partial charge >= 0.3 is 0 Å². The van der Waals surface area contributed by atoms with Crippen molar-refractivity contribution in [2.45, 2.75) is 26.7 Å². The number of hydrogen-bond donors (Lipinski definition) is 1. The minimum Gasteiger partial charge on any atom is -0.351 e. The first-order chi connectivity index (χ1) is 9.13. The van der Waals surface area contributed by atoms with Crippen LogP contribution in [0.4, 0.5) is 0 Å². The van der Waals surface area contributed by atoms with Gasteiger partial charge in [0.2, 0.25) is 0 Å². The molecule has 0 aliphatic carbocycles. The highest BCUT2D eigenvalue weighted by molar-refractivity contribution is 5.98. The average molecular weight is 256 g/mol. The molecule has 1 amide bonds. The van der Waals surface area contributed by atoms with Crippen LogP contribution in [0, 0.1) is 12.8 Å². The van der Waals surface area contributed by atoms with E-state index >= 15 is 0 Å². The van der Waals surface area contributed by atoms with Gasteiger partial charge < -0.3 is 9.88 Å². The van der Waals surface area contributed by atoms with E-state index < -0.39 is 0 Å². The zero-order valence-corrected chi connectivity index (χ0v) is 11.6. The second kappa shape index (κ2) is 4.72. The summed E-state index contributed by atoms with van der Waals surface area (Å²) >= 11 is 0. The number of H-pyrrole nitrogens is 1. The highest BCUT2D eigenvalue weighted by Crippen LogP contribution is 2.21. The van der Waals surface area contributed by atoms with E-state index in [0.29, 0.717) is 5.92 Å². The molecule has 1 atom stereocenters. The summed E-state index contributed by atoms with van der Waals surface area (Å²) < 4.78 is 0. The first kappa shape index (κ1) is 12.3. The minimum absolute atomic E-state index is 0.139. The lowest BCUT2D eigenvalue weighted by molar-refractivity contribution is 0.0678. The molecule has 0 spiro atoms. The molecule has 100 valence electrons. The van der Waals surface area contributed by atoms with Gasteiger partial charge in [0.05, 0.1) is 0 Å². The molecule has 3 nitrogen and oxygen atoms in total. The Labute approximate surface area is 113 Å². The van der Waals surface area contributed by atoms with E-state index in [1.54, 1.807) is 0 Å². The van der Waals surface area contributed by atoms with Crippen molar-refractivity contribution >= 4 is 16.8 Å². The van der Waals surface area contributed by atoms with Gasteiger partial charge in [-0.15, -0.1) is 0 Å². The number of nitrogens with one attached hydrogen (secondary N) is 1. The number of rotatable bonds is 1. The Morgan fingerprint density at radius 1 is 1.37 bits per heavy atom. The Kier molecular flexibility index (Phi) is 3.05. The summed E-state index contributed by atoms with van der Waals surface area (Å²) in [6.07, 6.45) is 2.35. The number of amides is 1. The SMILES string of the molecule is Cc1ccc2[nH]c(C(=O)N3CCCC(C)C3)cc2c1. The molecule has 0 saturated carbocycles. The summed E-state index contributed by atoms with van der Waals surface area (Å²) in [7, 11) is 0. The smallest absolute Gasteiger partial charge is 0.270 e. The quantitative estimate of drug-likeness (QED) is 0.834. The number of nitrogens with zero attached hydrogens (tertiary/aromatic N) is 1. The second-order valence-corrected chi connectivity index (χ2v) is 5.77. The van der Waals surface area contributed by atoms with Gasteiger partial charge in [0, 0.05) is 24.0 Å². The van der Waals surface area contributed by atoms with Crippen LogP contribution in [0.25, 0.3) is 10.9 Å². The summed E-state index contributed by atoms with van der Waals surface area (Å²) in [4.78, 5) is 17.7. The number of piperidine rings is 1. The number of aromatic nitrogens is 1. The first-order valence-corrected chi connectivity index (χ1v) is 7.02.